The molecule has 6 rings (SSSR count). The molecular weight excluding hydrogens is 805 g/mol. The van der Waals surface area contributed by atoms with Crippen molar-refractivity contribution in [2.45, 2.75) is 45.6 Å². The smallest absolute Gasteiger partial charge is 0.410 e. The molecule has 2 atom stereocenters. The molecule has 326 valence electrons. The Kier molecular flexibility index (Phi) is 15.0. The maximum absolute atomic E-state index is 14.0. The first kappa shape index (κ1) is 44.8. The van der Waals surface area contributed by atoms with E-state index in [4.69, 9.17) is 10.5 Å². The van der Waals surface area contributed by atoms with Crippen LogP contribution in [0.25, 0.3) is 21.5 Å². The first-order valence-corrected chi connectivity index (χ1v) is 20.5. The number of ether oxygens (including phenoxy) is 1. The maximum atomic E-state index is 14.0. The second-order valence-electron chi connectivity index (χ2n) is 15.1. The van der Waals surface area contributed by atoms with E-state index in [1.165, 1.54) is 23.6 Å². The minimum atomic E-state index is -1.24. The van der Waals surface area contributed by atoms with Crippen molar-refractivity contribution >= 4 is 63.2 Å². The number of benzene rings is 5. The van der Waals surface area contributed by atoms with Gasteiger partial charge in [-0.15, -0.1) is 0 Å². The number of hydrogen-bond acceptors (Lipinski definition) is 8. The maximum Gasteiger partial charge on any atom is 0.410 e. The second kappa shape index (κ2) is 21.2. The number of nitrogens with one attached hydrogen (secondary N) is 3. The molecule has 0 aliphatic carbocycles. The van der Waals surface area contributed by atoms with E-state index in [1.807, 2.05) is 115 Å². The summed E-state index contributed by atoms with van der Waals surface area (Å²) in [6.07, 6.45) is 1.52. The SMILES string of the molecule is C[C@H](NC(=O)[C@H](C)NC(=O)N1CCN(C(=O)OCc2ccccc2)CC1)C(=O)NN(CC(N)=O)C(=O)/C=C/C(=O)N(Cc1cccc2ccccc12)Cc1cccc2ccccc12. The quantitative estimate of drug-likeness (QED) is 0.0949. The van der Waals surface area contributed by atoms with E-state index in [0.717, 1.165) is 50.4 Å². The van der Waals surface area contributed by atoms with Gasteiger partial charge in [0.15, 0.2) is 0 Å². The molecule has 0 unspecified atom stereocenters. The molecule has 5 aromatic rings. The summed E-state index contributed by atoms with van der Waals surface area (Å²) >= 11 is 0. The van der Waals surface area contributed by atoms with Crippen molar-refractivity contribution in [2.24, 2.45) is 5.73 Å². The first-order chi connectivity index (χ1) is 30.4. The molecule has 8 amide bonds. The van der Waals surface area contributed by atoms with Crippen molar-refractivity contribution in [3.05, 3.63) is 144 Å². The predicted octanol–water partition coefficient (Wildman–Crippen LogP) is 3.98. The fourth-order valence-corrected chi connectivity index (χ4v) is 7.03. The number of piperazine rings is 1. The number of hydrogen-bond donors (Lipinski definition) is 4. The van der Waals surface area contributed by atoms with E-state index in [2.05, 4.69) is 16.1 Å². The third-order valence-corrected chi connectivity index (χ3v) is 10.5. The molecule has 0 spiro atoms. The number of amides is 8. The van der Waals surface area contributed by atoms with Crippen molar-refractivity contribution in [1.29, 1.82) is 0 Å². The summed E-state index contributed by atoms with van der Waals surface area (Å²) in [4.78, 5) is 95.8. The van der Waals surface area contributed by atoms with Crippen molar-refractivity contribution in [3.63, 3.8) is 0 Å². The van der Waals surface area contributed by atoms with Gasteiger partial charge in [0, 0.05) is 51.4 Å². The van der Waals surface area contributed by atoms with Crippen LogP contribution in [0, 0.1) is 0 Å². The summed E-state index contributed by atoms with van der Waals surface area (Å²) in [5.74, 6) is -3.95. The van der Waals surface area contributed by atoms with E-state index < -0.39 is 60.3 Å². The molecular formula is C47H50N8O8. The van der Waals surface area contributed by atoms with Crippen molar-refractivity contribution in [1.82, 2.24) is 35.8 Å². The number of carbonyl (C=O) groups is 7. The molecule has 1 aliphatic heterocycles. The number of carbonyl (C=O) groups excluding carboxylic acids is 7. The van der Waals surface area contributed by atoms with E-state index in [0.29, 0.717) is 5.01 Å². The van der Waals surface area contributed by atoms with E-state index in [1.54, 1.807) is 4.90 Å². The minimum Gasteiger partial charge on any atom is -0.445 e. The van der Waals surface area contributed by atoms with E-state index in [9.17, 15) is 33.6 Å². The molecule has 1 saturated heterocycles. The predicted molar refractivity (Wildman–Crippen MR) is 236 cm³/mol. The second-order valence-corrected chi connectivity index (χ2v) is 15.1. The number of hydrazine groups is 1. The summed E-state index contributed by atoms with van der Waals surface area (Å²) in [5.41, 5.74) is 10.4. The largest absolute Gasteiger partial charge is 0.445 e. The van der Waals surface area contributed by atoms with Gasteiger partial charge < -0.3 is 35.8 Å². The third kappa shape index (κ3) is 12.2. The molecule has 0 radical (unpaired) electrons. The Balaban J connectivity index is 1.04. The Labute approximate surface area is 364 Å². The highest BCUT2D eigenvalue weighted by Crippen LogP contribution is 2.24. The third-order valence-electron chi connectivity index (χ3n) is 10.5. The van der Waals surface area contributed by atoms with E-state index in [-0.39, 0.29) is 45.9 Å². The number of urea groups is 1. The Morgan fingerprint density at radius 3 is 1.73 bits per heavy atom. The lowest BCUT2D eigenvalue weighted by Crippen LogP contribution is -2.58. The molecule has 1 fully saturated rings. The zero-order chi connectivity index (χ0) is 44.9. The van der Waals surface area contributed by atoms with Gasteiger partial charge in [0.1, 0.15) is 25.2 Å². The number of nitrogens with zero attached hydrogens (tertiary/aromatic N) is 4. The number of rotatable bonds is 14. The monoisotopic (exact) mass is 854 g/mol. The lowest BCUT2D eigenvalue weighted by molar-refractivity contribution is -0.142. The molecule has 5 N–H and O–H groups in total. The van der Waals surface area contributed by atoms with Gasteiger partial charge in [-0.2, -0.15) is 0 Å². The van der Waals surface area contributed by atoms with Crippen molar-refractivity contribution < 1.29 is 38.3 Å². The summed E-state index contributed by atoms with van der Waals surface area (Å²) in [6.45, 7) is 3.47. The fraction of sp³-hybridized carbons (Fsp3) is 0.255. The topological polar surface area (TPSA) is 204 Å². The van der Waals surface area contributed by atoms with Crippen LogP contribution in [0.2, 0.25) is 0 Å². The van der Waals surface area contributed by atoms with Crippen LogP contribution in [0.5, 0.6) is 0 Å². The highest BCUT2D eigenvalue weighted by molar-refractivity contribution is 6.00. The zero-order valence-electron chi connectivity index (χ0n) is 35.1. The van der Waals surface area contributed by atoms with Crippen LogP contribution in [-0.2, 0) is 48.4 Å². The summed E-state index contributed by atoms with van der Waals surface area (Å²) < 4.78 is 5.38. The van der Waals surface area contributed by atoms with Gasteiger partial charge in [-0.3, -0.25) is 29.4 Å². The molecule has 0 saturated carbocycles. The summed E-state index contributed by atoms with van der Waals surface area (Å²) in [7, 11) is 0. The van der Waals surface area contributed by atoms with Crippen LogP contribution in [0.1, 0.15) is 30.5 Å². The van der Waals surface area contributed by atoms with Gasteiger partial charge in [0.2, 0.25) is 17.7 Å². The average Bonchev–Trinajstić information content (AvgIpc) is 3.29. The fourth-order valence-electron chi connectivity index (χ4n) is 7.03. The standard InChI is InChI=1S/C47H50N8O8/c1-32(50-46(61)52-24-26-53(27-25-52)47(62)63-31-34-12-4-3-5-13-34)44(59)49-33(2)45(60)51-55(30-41(48)56)43(58)23-22-42(57)54(28-37-18-10-16-35-14-6-8-20-39(35)37)29-38-19-11-17-36-15-7-9-21-40(36)38/h3-23,32-33H,24-31H2,1-2H3,(H2,48,56)(H,49,59)(H,50,61)(H,51,60)/b23-22+/t32-,33-/m0/s1. The highest BCUT2D eigenvalue weighted by Gasteiger charge is 2.29. The minimum absolute atomic E-state index is 0.126. The van der Waals surface area contributed by atoms with Gasteiger partial charge in [0.05, 0.1) is 0 Å². The van der Waals surface area contributed by atoms with Gasteiger partial charge in [-0.1, -0.05) is 115 Å². The van der Waals surface area contributed by atoms with Crippen LogP contribution in [0.4, 0.5) is 9.59 Å². The first-order valence-electron chi connectivity index (χ1n) is 20.5. The van der Waals surface area contributed by atoms with Gasteiger partial charge >= 0.3 is 12.1 Å². The lowest BCUT2D eigenvalue weighted by Gasteiger charge is -2.34. The van der Waals surface area contributed by atoms with Crippen LogP contribution in [0.3, 0.4) is 0 Å². The Hall–Kier alpha value is -7.75. The van der Waals surface area contributed by atoms with Crippen LogP contribution in [0.15, 0.2) is 127 Å². The summed E-state index contributed by atoms with van der Waals surface area (Å²) in [6, 6.07) is 33.8. The van der Waals surface area contributed by atoms with Gasteiger partial charge in [-0.25, -0.2) is 14.6 Å². The molecule has 1 aliphatic rings. The molecule has 16 heteroatoms. The van der Waals surface area contributed by atoms with Crippen molar-refractivity contribution in [3.8, 4) is 0 Å². The van der Waals surface area contributed by atoms with Crippen molar-refractivity contribution in [2.75, 3.05) is 32.7 Å². The molecule has 63 heavy (non-hydrogen) atoms. The Bertz CT molecular complexity index is 2410. The van der Waals surface area contributed by atoms with Crippen LogP contribution < -0.4 is 21.8 Å². The number of fused-ring (bicyclic) bond motifs is 2. The Morgan fingerprint density at radius 1 is 0.635 bits per heavy atom. The number of nitrogens with two attached hydrogens (primary N) is 1. The Morgan fingerprint density at radius 2 is 1.14 bits per heavy atom. The lowest BCUT2D eigenvalue weighted by atomic mass is 10.0. The van der Waals surface area contributed by atoms with Gasteiger partial charge in [0.25, 0.3) is 11.8 Å². The molecule has 16 nitrogen and oxygen atoms in total. The number of primary amides is 1. The average molecular weight is 855 g/mol. The molecule has 1 heterocycles. The van der Waals surface area contributed by atoms with E-state index >= 15 is 0 Å². The molecule has 0 aromatic heterocycles. The van der Waals surface area contributed by atoms with Crippen LogP contribution >= 0.6 is 0 Å². The molecule has 5 aromatic carbocycles. The van der Waals surface area contributed by atoms with Crippen LogP contribution in [-0.4, -0.2) is 106 Å². The molecule has 0 bridgehead atoms. The zero-order valence-corrected chi connectivity index (χ0v) is 35.1. The normalized spacial score (nSPS) is 13.5. The summed E-state index contributed by atoms with van der Waals surface area (Å²) in [5, 5.41) is 9.68. The highest BCUT2D eigenvalue weighted by atomic mass is 16.6. The van der Waals surface area contributed by atoms with Gasteiger partial charge in [-0.05, 0) is 52.1 Å².